The Balaban J connectivity index is 0.000000976. The van der Waals surface area contributed by atoms with E-state index in [4.69, 9.17) is 15.9 Å². The van der Waals surface area contributed by atoms with Crippen LogP contribution in [0.2, 0.25) is 0 Å². The number of aliphatic carboxylic acids is 2. The van der Waals surface area contributed by atoms with Crippen LogP contribution in [0.3, 0.4) is 0 Å². The third kappa shape index (κ3) is 17.7. The molecule has 45 heavy (non-hydrogen) atoms. The third-order valence-electron chi connectivity index (χ3n) is 6.85. The Labute approximate surface area is 266 Å². The molecule has 0 spiro atoms. The van der Waals surface area contributed by atoms with Gasteiger partial charge in [-0.3, -0.25) is 28.8 Å². The van der Waals surface area contributed by atoms with Crippen LogP contribution in [0.5, 0.6) is 0 Å². The van der Waals surface area contributed by atoms with Gasteiger partial charge >= 0.3 is 11.9 Å². The van der Waals surface area contributed by atoms with Crippen molar-refractivity contribution in [2.24, 2.45) is 16.6 Å². The second kappa shape index (κ2) is 20.7. The van der Waals surface area contributed by atoms with Gasteiger partial charge in [0.1, 0.15) is 12.6 Å². The molecule has 0 bridgehead atoms. The van der Waals surface area contributed by atoms with E-state index < -0.39 is 47.2 Å². The number of nitrogens with two attached hydrogens (primary N) is 1. The van der Waals surface area contributed by atoms with Gasteiger partial charge in [0.2, 0.25) is 17.7 Å². The predicted octanol–water partition coefficient (Wildman–Crippen LogP) is 3.28. The van der Waals surface area contributed by atoms with Crippen molar-refractivity contribution in [2.75, 3.05) is 25.0 Å². The summed E-state index contributed by atoms with van der Waals surface area (Å²) in [5, 5.41) is 28.5. The number of primary amides is 1. The molecule has 1 aromatic rings. The third-order valence-corrected chi connectivity index (χ3v) is 6.85. The summed E-state index contributed by atoms with van der Waals surface area (Å²) in [6.45, 7) is 11.3. The Bertz CT molecular complexity index is 1120. The predicted molar refractivity (Wildman–Crippen MR) is 173 cm³/mol. The minimum atomic E-state index is -1.13. The molecule has 0 saturated heterocycles. The smallest absolute Gasteiger partial charge is 0.322 e. The van der Waals surface area contributed by atoms with E-state index in [1.165, 1.54) is 13.8 Å². The van der Waals surface area contributed by atoms with Crippen molar-refractivity contribution in [1.82, 2.24) is 16.0 Å². The fourth-order valence-corrected chi connectivity index (χ4v) is 4.33. The normalized spacial score (nSPS) is 11.7. The van der Waals surface area contributed by atoms with Gasteiger partial charge in [-0.1, -0.05) is 34.1 Å². The first-order valence-corrected chi connectivity index (χ1v) is 15.4. The highest BCUT2D eigenvalue weighted by Crippen LogP contribution is 2.34. The maximum absolute atomic E-state index is 12.2. The number of benzene rings is 1. The molecule has 1 unspecified atom stereocenters. The summed E-state index contributed by atoms with van der Waals surface area (Å²) in [6, 6.07) is 6.72. The van der Waals surface area contributed by atoms with Crippen LogP contribution in [0.4, 0.5) is 5.69 Å². The highest BCUT2D eigenvalue weighted by Gasteiger charge is 2.38. The van der Waals surface area contributed by atoms with Crippen molar-refractivity contribution in [3.63, 3.8) is 0 Å². The molecule has 0 saturated carbocycles. The molecule has 0 aromatic heterocycles. The van der Waals surface area contributed by atoms with E-state index in [1.807, 2.05) is 19.1 Å². The van der Waals surface area contributed by atoms with Crippen molar-refractivity contribution in [3.8, 4) is 0 Å². The summed E-state index contributed by atoms with van der Waals surface area (Å²) >= 11 is 0. The van der Waals surface area contributed by atoms with Gasteiger partial charge in [0, 0.05) is 36.2 Å². The van der Waals surface area contributed by atoms with Crippen LogP contribution in [0.1, 0.15) is 103 Å². The van der Waals surface area contributed by atoms with Crippen LogP contribution in [-0.2, 0) is 24.0 Å². The second-order valence-corrected chi connectivity index (χ2v) is 12.2. The van der Waals surface area contributed by atoms with E-state index in [0.29, 0.717) is 37.8 Å². The molecule has 0 heterocycles. The number of unbranched alkanes of at least 4 members (excludes halogenated alkanes) is 2. The summed E-state index contributed by atoms with van der Waals surface area (Å²) in [4.78, 5) is 68.4. The fraction of sp³-hybridized carbons (Fsp3) is 0.625. The van der Waals surface area contributed by atoms with Gasteiger partial charge in [-0.15, -0.1) is 0 Å². The van der Waals surface area contributed by atoms with E-state index >= 15 is 0 Å². The minimum Gasteiger partial charge on any atom is -0.481 e. The van der Waals surface area contributed by atoms with E-state index in [1.54, 1.807) is 26.0 Å². The molecule has 13 nitrogen and oxygen atoms in total. The van der Waals surface area contributed by atoms with Gasteiger partial charge < -0.3 is 37.2 Å². The molecule has 8 N–H and O–H groups in total. The number of carboxylic acid groups (broad SMARTS) is 2. The molecular formula is C32H53N5O8. The molecule has 0 fully saturated rings. The second-order valence-electron chi connectivity index (χ2n) is 12.2. The quantitative estimate of drug-likeness (QED) is 0.104. The van der Waals surface area contributed by atoms with Gasteiger partial charge in [-0.05, 0) is 76.6 Å². The molecule has 4 amide bonds. The number of hydrogen-bond donors (Lipinski definition) is 7. The monoisotopic (exact) mass is 635 g/mol. The lowest BCUT2D eigenvalue weighted by atomic mass is 9.74. The maximum atomic E-state index is 12.2. The lowest BCUT2D eigenvalue weighted by molar-refractivity contribution is -0.150. The van der Waals surface area contributed by atoms with Crippen molar-refractivity contribution < 1.29 is 39.0 Å². The molecular weight excluding hydrogens is 582 g/mol. The highest BCUT2D eigenvalue weighted by molar-refractivity contribution is 5.94. The molecule has 254 valence electrons. The first-order valence-electron chi connectivity index (χ1n) is 15.4. The Morgan fingerprint density at radius 2 is 1.44 bits per heavy atom. The molecule has 0 radical (unpaired) electrons. The number of carboxylic acids is 2. The number of carbonyl (C=O) groups is 6. The number of amides is 4. The number of carbonyl (C=O) groups excluding carboxylic acids is 4. The van der Waals surface area contributed by atoms with Gasteiger partial charge in [0.15, 0.2) is 0 Å². The van der Waals surface area contributed by atoms with E-state index in [2.05, 4.69) is 28.2 Å². The highest BCUT2D eigenvalue weighted by atomic mass is 16.4. The summed E-state index contributed by atoms with van der Waals surface area (Å²) in [5.41, 5.74) is 5.00. The van der Waals surface area contributed by atoms with E-state index in [0.717, 1.165) is 31.5 Å². The van der Waals surface area contributed by atoms with Crippen LogP contribution in [0.15, 0.2) is 24.3 Å². The van der Waals surface area contributed by atoms with Crippen LogP contribution in [-0.4, -0.2) is 71.5 Å². The van der Waals surface area contributed by atoms with E-state index in [9.17, 15) is 28.8 Å². The number of hydrogen-bond acceptors (Lipinski definition) is 7. The summed E-state index contributed by atoms with van der Waals surface area (Å²) < 4.78 is 0. The standard InChI is InChI=1S/C21H34N4O3.C11H19NO5/c1-3-5-9-19(26)25-18(20(22)27)8-6-7-15-24-21(28)16-10-12-17(13-11-16)23-14-4-2;1-10(2,6-11(3,4)9(16)17)8(15)12-5-7(13)14/h10-13,18,23H,3-9,14-15H2,1-2H3,(H2,22,27)(H,24,28)(H,25,26);5-6H2,1-4H3,(H,12,15)(H,13,14)(H,16,17). The first kappa shape index (κ1) is 40.8. The average Bonchev–Trinajstić information content (AvgIpc) is 2.96. The number of rotatable bonds is 20. The van der Waals surface area contributed by atoms with Gasteiger partial charge in [-0.2, -0.15) is 0 Å². The largest absolute Gasteiger partial charge is 0.481 e. The van der Waals surface area contributed by atoms with Crippen LogP contribution in [0, 0.1) is 10.8 Å². The molecule has 0 aliphatic carbocycles. The molecule has 1 aromatic carbocycles. The SMILES string of the molecule is CC(C)(CC(C)(C)C(=O)NCC(=O)O)C(=O)O.CCCCC(=O)NC(CCCCNC(=O)c1ccc(NCCC)cc1)C(N)=O. The topological polar surface area (TPSA) is 217 Å². The van der Waals surface area contributed by atoms with Crippen LogP contribution in [0.25, 0.3) is 0 Å². The molecule has 1 atom stereocenters. The molecule has 0 aliphatic rings. The molecule has 1 rings (SSSR count). The lowest BCUT2D eigenvalue weighted by Gasteiger charge is -2.30. The Hall–Kier alpha value is -4.16. The van der Waals surface area contributed by atoms with Crippen molar-refractivity contribution >= 4 is 41.3 Å². The molecule has 0 aliphatic heterocycles. The van der Waals surface area contributed by atoms with Crippen LogP contribution < -0.4 is 27.0 Å². The van der Waals surface area contributed by atoms with Crippen molar-refractivity contribution in [3.05, 3.63) is 29.8 Å². The fourth-order valence-electron chi connectivity index (χ4n) is 4.33. The average molecular weight is 636 g/mol. The Morgan fingerprint density at radius 1 is 0.822 bits per heavy atom. The lowest BCUT2D eigenvalue weighted by Crippen LogP contribution is -2.44. The Morgan fingerprint density at radius 3 is 1.96 bits per heavy atom. The van der Waals surface area contributed by atoms with Crippen molar-refractivity contribution in [2.45, 2.75) is 99.0 Å². The summed E-state index contributed by atoms with van der Waals surface area (Å²) in [7, 11) is 0. The molecule has 13 heteroatoms. The van der Waals surface area contributed by atoms with Gasteiger partial charge in [0.25, 0.3) is 5.91 Å². The zero-order chi connectivity index (χ0) is 34.6. The Kier molecular flexibility index (Phi) is 18.8. The minimum absolute atomic E-state index is 0.124. The number of anilines is 1. The van der Waals surface area contributed by atoms with Crippen LogP contribution >= 0.6 is 0 Å². The summed E-state index contributed by atoms with van der Waals surface area (Å²) in [6.07, 6.45) is 5.15. The van der Waals surface area contributed by atoms with Gasteiger partial charge in [0.05, 0.1) is 5.41 Å². The number of nitrogens with one attached hydrogen (secondary N) is 4. The maximum Gasteiger partial charge on any atom is 0.322 e. The zero-order valence-electron chi connectivity index (χ0n) is 27.6. The van der Waals surface area contributed by atoms with Gasteiger partial charge in [-0.25, -0.2) is 0 Å². The zero-order valence-corrected chi connectivity index (χ0v) is 27.6. The van der Waals surface area contributed by atoms with E-state index in [-0.39, 0.29) is 18.2 Å². The van der Waals surface area contributed by atoms with Crippen molar-refractivity contribution in [1.29, 1.82) is 0 Å². The summed E-state index contributed by atoms with van der Waals surface area (Å²) in [5.74, 6) is -3.37. The first-order chi connectivity index (χ1) is 21.0.